The fraction of sp³-hybridized carbons (Fsp3) is 0.308. The van der Waals surface area contributed by atoms with Gasteiger partial charge in [-0.05, 0) is 24.6 Å². The van der Waals surface area contributed by atoms with E-state index in [2.05, 4.69) is 5.32 Å². The van der Waals surface area contributed by atoms with Crippen molar-refractivity contribution in [3.8, 4) is 6.07 Å². The van der Waals surface area contributed by atoms with Crippen LogP contribution in [0.3, 0.4) is 0 Å². The number of amides is 1. The predicted molar refractivity (Wildman–Crippen MR) is 66.1 cm³/mol. The SMILES string of the molecule is CCOC(C(=O)O)C(=O)NCc1ccc(C#N)cc1. The normalized spacial score (nSPS) is 11.4. The van der Waals surface area contributed by atoms with Gasteiger partial charge < -0.3 is 15.2 Å². The third-order valence-corrected chi connectivity index (χ3v) is 2.35. The second-order valence-electron chi connectivity index (χ2n) is 3.70. The number of rotatable bonds is 6. The van der Waals surface area contributed by atoms with Crippen molar-refractivity contribution in [3.05, 3.63) is 35.4 Å². The second kappa shape index (κ2) is 7.13. The summed E-state index contributed by atoms with van der Waals surface area (Å²) in [6, 6.07) is 8.61. The van der Waals surface area contributed by atoms with Gasteiger partial charge >= 0.3 is 5.97 Å². The van der Waals surface area contributed by atoms with Crippen molar-refractivity contribution in [2.45, 2.75) is 19.6 Å². The van der Waals surface area contributed by atoms with Crippen LogP contribution in [-0.2, 0) is 20.9 Å². The number of carbonyl (C=O) groups excluding carboxylic acids is 1. The summed E-state index contributed by atoms with van der Waals surface area (Å²) in [6.07, 6.45) is -1.50. The standard InChI is InChI=1S/C13H14N2O4/c1-2-19-11(13(17)18)12(16)15-8-10-5-3-9(7-14)4-6-10/h3-6,11H,2,8H2,1H3,(H,15,16)(H,17,18). The van der Waals surface area contributed by atoms with E-state index in [4.69, 9.17) is 15.1 Å². The Kier molecular flexibility index (Phi) is 5.51. The Morgan fingerprint density at radius 3 is 2.53 bits per heavy atom. The first-order chi connectivity index (χ1) is 9.08. The average molecular weight is 262 g/mol. The Balaban J connectivity index is 2.57. The highest BCUT2D eigenvalue weighted by molar-refractivity contribution is 5.99. The minimum Gasteiger partial charge on any atom is -0.479 e. The van der Waals surface area contributed by atoms with Gasteiger partial charge in [0.25, 0.3) is 5.91 Å². The highest BCUT2D eigenvalue weighted by atomic mass is 16.5. The summed E-state index contributed by atoms with van der Waals surface area (Å²) in [5.74, 6) is -2.02. The molecule has 1 unspecified atom stereocenters. The van der Waals surface area contributed by atoms with Crippen molar-refractivity contribution in [1.82, 2.24) is 5.32 Å². The minimum absolute atomic E-state index is 0.140. The van der Waals surface area contributed by atoms with Crippen molar-refractivity contribution >= 4 is 11.9 Å². The van der Waals surface area contributed by atoms with Crippen LogP contribution in [0.25, 0.3) is 0 Å². The van der Waals surface area contributed by atoms with E-state index < -0.39 is 18.0 Å². The number of hydrogen-bond acceptors (Lipinski definition) is 4. The summed E-state index contributed by atoms with van der Waals surface area (Å²) in [5, 5.41) is 19.9. The van der Waals surface area contributed by atoms with Crippen LogP contribution in [0.4, 0.5) is 0 Å². The maximum atomic E-state index is 11.6. The molecule has 19 heavy (non-hydrogen) atoms. The fourth-order valence-corrected chi connectivity index (χ4v) is 1.40. The molecule has 1 amide bonds. The first kappa shape index (κ1) is 14.7. The van der Waals surface area contributed by atoms with E-state index in [9.17, 15) is 9.59 Å². The van der Waals surface area contributed by atoms with E-state index in [0.29, 0.717) is 5.56 Å². The summed E-state index contributed by atoms with van der Waals surface area (Å²) >= 11 is 0. The van der Waals surface area contributed by atoms with E-state index in [1.165, 1.54) is 0 Å². The van der Waals surface area contributed by atoms with Crippen LogP contribution in [0.15, 0.2) is 24.3 Å². The number of carboxylic acid groups (broad SMARTS) is 1. The molecule has 0 saturated heterocycles. The van der Waals surface area contributed by atoms with Crippen molar-refractivity contribution in [1.29, 1.82) is 5.26 Å². The predicted octanol–water partition coefficient (Wildman–Crippen LogP) is 0.664. The Morgan fingerprint density at radius 1 is 1.42 bits per heavy atom. The molecule has 0 fully saturated rings. The summed E-state index contributed by atoms with van der Waals surface area (Å²) in [4.78, 5) is 22.4. The van der Waals surface area contributed by atoms with Crippen molar-refractivity contribution < 1.29 is 19.4 Å². The molecule has 2 N–H and O–H groups in total. The number of nitriles is 1. The lowest BCUT2D eigenvalue weighted by molar-refractivity contribution is -0.156. The van der Waals surface area contributed by atoms with Crippen molar-refractivity contribution in [2.75, 3.05) is 6.61 Å². The summed E-state index contributed by atoms with van der Waals surface area (Å²) in [5.41, 5.74) is 1.29. The molecule has 0 radical (unpaired) electrons. The number of aliphatic carboxylic acids is 1. The van der Waals surface area contributed by atoms with Crippen molar-refractivity contribution in [2.24, 2.45) is 0 Å². The van der Waals surface area contributed by atoms with Crippen LogP contribution >= 0.6 is 0 Å². The summed E-state index contributed by atoms with van der Waals surface area (Å²) in [6.45, 7) is 1.94. The molecule has 1 atom stereocenters. The number of hydrogen-bond donors (Lipinski definition) is 2. The molecule has 0 bridgehead atoms. The zero-order valence-electron chi connectivity index (χ0n) is 10.4. The molecule has 1 aromatic rings. The van der Waals surface area contributed by atoms with Gasteiger partial charge in [-0.15, -0.1) is 0 Å². The van der Waals surface area contributed by atoms with E-state index >= 15 is 0 Å². The molecule has 6 nitrogen and oxygen atoms in total. The van der Waals surface area contributed by atoms with Crippen LogP contribution in [0.2, 0.25) is 0 Å². The van der Waals surface area contributed by atoms with Gasteiger partial charge in [-0.1, -0.05) is 12.1 Å². The van der Waals surface area contributed by atoms with Gasteiger partial charge in [0.05, 0.1) is 11.6 Å². The third kappa shape index (κ3) is 4.41. The van der Waals surface area contributed by atoms with E-state index in [1.54, 1.807) is 31.2 Å². The molecule has 0 aromatic heterocycles. The minimum atomic E-state index is -1.50. The van der Waals surface area contributed by atoms with Crippen LogP contribution in [0.5, 0.6) is 0 Å². The Morgan fingerprint density at radius 2 is 2.05 bits per heavy atom. The molecule has 0 heterocycles. The average Bonchev–Trinajstić information content (AvgIpc) is 2.42. The Labute approximate surface area is 110 Å². The number of nitrogens with zero attached hydrogens (tertiary/aromatic N) is 1. The maximum Gasteiger partial charge on any atom is 0.342 e. The number of carboxylic acids is 1. The van der Waals surface area contributed by atoms with E-state index in [1.807, 2.05) is 6.07 Å². The maximum absolute atomic E-state index is 11.6. The molecular weight excluding hydrogens is 248 g/mol. The largest absolute Gasteiger partial charge is 0.479 e. The Bertz CT molecular complexity index is 490. The van der Waals surface area contributed by atoms with E-state index in [-0.39, 0.29) is 13.2 Å². The molecule has 0 spiro atoms. The monoisotopic (exact) mass is 262 g/mol. The molecule has 0 aliphatic carbocycles. The van der Waals surface area contributed by atoms with Gasteiger partial charge in [-0.25, -0.2) is 4.79 Å². The number of carbonyl (C=O) groups is 2. The van der Waals surface area contributed by atoms with Gasteiger partial charge in [0, 0.05) is 13.2 Å². The Hall–Kier alpha value is -2.39. The molecule has 1 aromatic carbocycles. The lowest BCUT2D eigenvalue weighted by atomic mass is 10.1. The van der Waals surface area contributed by atoms with E-state index in [0.717, 1.165) is 5.56 Å². The highest BCUT2D eigenvalue weighted by Gasteiger charge is 2.26. The highest BCUT2D eigenvalue weighted by Crippen LogP contribution is 2.03. The third-order valence-electron chi connectivity index (χ3n) is 2.35. The van der Waals surface area contributed by atoms with Gasteiger partial charge in [0.2, 0.25) is 6.10 Å². The van der Waals surface area contributed by atoms with Gasteiger partial charge in [0.15, 0.2) is 0 Å². The molecule has 0 saturated carbocycles. The van der Waals surface area contributed by atoms with Crippen molar-refractivity contribution in [3.63, 3.8) is 0 Å². The van der Waals surface area contributed by atoms with Gasteiger partial charge in [-0.2, -0.15) is 5.26 Å². The molecule has 1 rings (SSSR count). The molecule has 100 valence electrons. The first-order valence-electron chi connectivity index (χ1n) is 5.69. The molecular formula is C13H14N2O4. The quantitative estimate of drug-likeness (QED) is 0.734. The zero-order chi connectivity index (χ0) is 14.3. The second-order valence-corrected chi connectivity index (χ2v) is 3.70. The van der Waals surface area contributed by atoms with Gasteiger partial charge in [0.1, 0.15) is 0 Å². The van der Waals surface area contributed by atoms with Crippen LogP contribution in [0.1, 0.15) is 18.1 Å². The molecule has 0 aliphatic heterocycles. The van der Waals surface area contributed by atoms with Gasteiger partial charge in [-0.3, -0.25) is 4.79 Å². The number of nitrogens with one attached hydrogen (secondary N) is 1. The summed E-state index contributed by atoms with van der Waals surface area (Å²) in [7, 11) is 0. The smallest absolute Gasteiger partial charge is 0.342 e. The van der Waals surface area contributed by atoms with Crippen LogP contribution < -0.4 is 5.32 Å². The summed E-state index contributed by atoms with van der Waals surface area (Å²) < 4.78 is 4.84. The van der Waals surface area contributed by atoms with Crippen LogP contribution in [0, 0.1) is 11.3 Å². The van der Waals surface area contributed by atoms with Crippen LogP contribution in [-0.4, -0.2) is 29.7 Å². The lowest BCUT2D eigenvalue weighted by Gasteiger charge is -2.12. The number of ether oxygens (including phenoxy) is 1. The topological polar surface area (TPSA) is 99.4 Å². The lowest BCUT2D eigenvalue weighted by Crippen LogP contribution is -2.41. The number of benzene rings is 1. The molecule has 0 aliphatic rings. The molecule has 6 heteroatoms. The zero-order valence-corrected chi connectivity index (χ0v) is 10.4. The first-order valence-corrected chi connectivity index (χ1v) is 5.69. The fourth-order valence-electron chi connectivity index (χ4n) is 1.40.